The lowest BCUT2D eigenvalue weighted by molar-refractivity contribution is -0.138. The van der Waals surface area contributed by atoms with Gasteiger partial charge in [0.05, 0.1) is 6.54 Å². The van der Waals surface area contributed by atoms with Crippen LogP contribution >= 0.6 is 0 Å². The standard InChI is InChI=1S/C10H18N2O3/c1-8(13)11(2)6-9-4-3-5-12(9)7-10(14)15/h9H,3-7H2,1-2H3,(H,14,15)/t9-/m0/s1. The third kappa shape index (κ3) is 3.51. The Bertz CT molecular complexity index is 255. The Hall–Kier alpha value is -1.10. The molecular weight excluding hydrogens is 196 g/mol. The van der Waals surface area contributed by atoms with Crippen LogP contribution in [0.25, 0.3) is 0 Å². The van der Waals surface area contributed by atoms with Crippen LogP contribution in [0.2, 0.25) is 0 Å². The molecule has 1 rings (SSSR count). The number of carbonyl (C=O) groups is 2. The summed E-state index contributed by atoms with van der Waals surface area (Å²) in [6.07, 6.45) is 1.99. The van der Waals surface area contributed by atoms with E-state index in [1.165, 1.54) is 6.92 Å². The predicted molar refractivity (Wildman–Crippen MR) is 55.5 cm³/mol. The van der Waals surface area contributed by atoms with Crippen molar-refractivity contribution in [1.29, 1.82) is 0 Å². The second-order valence-electron chi connectivity index (χ2n) is 4.06. The minimum absolute atomic E-state index is 0.0252. The van der Waals surface area contributed by atoms with E-state index in [-0.39, 0.29) is 18.5 Å². The largest absolute Gasteiger partial charge is 0.480 e. The molecule has 0 saturated carbocycles. The highest BCUT2D eigenvalue weighted by Gasteiger charge is 2.27. The Morgan fingerprint density at radius 2 is 2.20 bits per heavy atom. The number of rotatable bonds is 4. The normalized spacial score (nSPS) is 21.6. The molecule has 1 saturated heterocycles. The average Bonchev–Trinajstić information content (AvgIpc) is 2.51. The highest BCUT2D eigenvalue weighted by atomic mass is 16.4. The minimum atomic E-state index is -0.799. The fraction of sp³-hybridized carbons (Fsp3) is 0.800. The van der Waals surface area contributed by atoms with Crippen molar-refractivity contribution >= 4 is 11.9 Å². The van der Waals surface area contributed by atoms with Crippen molar-refractivity contribution in [2.45, 2.75) is 25.8 Å². The topological polar surface area (TPSA) is 60.9 Å². The molecule has 0 aromatic rings. The molecule has 5 nitrogen and oxygen atoms in total. The Morgan fingerprint density at radius 3 is 2.73 bits per heavy atom. The molecule has 5 heteroatoms. The van der Waals surface area contributed by atoms with Crippen molar-refractivity contribution in [3.8, 4) is 0 Å². The summed E-state index contributed by atoms with van der Waals surface area (Å²) in [7, 11) is 1.75. The van der Waals surface area contributed by atoms with Gasteiger partial charge in [-0.25, -0.2) is 0 Å². The number of carboxylic acids is 1. The van der Waals surface area contributed by atoms with Gasteiger partial charge in [0.15, 0.2) is 0 Å². The number of likely N-dealkylation sites (N-methyl/N-ethyl adjacent to an activating group) is 1. The molecule has 15 heavy (non-hydrogen) atoms. The van der Waals surface area contributed by atoms with Crippen LogP contribution in [0.3, 0.4) is 0 Å². The van der Waals surface area contributed by atoms with E-state index in [4.69, 9.17) is 5.11 Å². The third-order valence-corrected chi connectivity index (χ3v) is 2.86. The third-order valence-electron chi connectivity index (χ3n) is 2.86. The number of amides is 1. The summed E-state index contributed by atoms with van der Waals surface area (Å²) < 4.78 is 0. The Morgan fingerprint density at radius 1 is 1.53 bits per heavy atom. The average molecular weight is 214 g/mol. The van der Waals surface area contributed by atoms with E-state index < -0.39 is 5.97 Å². The summed E-state index contributed by atoms with van der Waals surface area (Å²) in [4.78, 5) is 25.2. The number of hydrogen-bond acceptors (Lipinski definition) is 3. The number of carboxylic acid groups (broad SMARTS) is 1. The first-order chi connectivity index (χ1) is 7.00. The maximum absolute atomic E-state index is 11.1. The summed E-state index contributed by atoms with van der Waals surface area (Å²) in [6.45, 7) is 3.05. The lowest BCUT2D eigenvalue weighted by Gasteiger charge is -2.26. The Labute approximate surface area is 89.7 Å². The zero-order chi connectivity index (χ0) is 11.4. The van der Waals surface area contributed by atoms with Crippen LogP contribution in [0.1, 0.15) is 19.8 Å². The van der Waals surface area contributed by atoms with Crippen LogP contribution in [-0.2, 0) is 9.59 Å². The molecular formula is C10H18N2O3. The summed E-state index contributed by atoms with van der Waals surface area (Å²) in [6, 6.07) is 0.204. The number of likely N-dealkylation sites (tertiary alicyclic amines) is 1. The summed E-state index contributed by atoms with van der Waals surface area (Å²) in [5.74, 6) is -0.774. The molecule has 0 spiro atoms. The van der Waals surface area contributed by atoms with Crippen LogP contribution < -0.4 is 0 Å². The van der Waals surface area contributed by atoms with E-state index >= 15 is 0 Å². The molecule has 1 N–H and O–H groups in total. The molecule has 1 heterocycles. The van der Waals surface area contributed by atoms with E-state index in [0.717, 1.165) is 19.4 Å². The van der Waals surface area contributed by atoms with Gasteiger partial charge in [-0.3, -0.25) is 14.5 Å². The van der Waals surface area contributed by atoms with Crippen LogP contribution in [0.15, 0.2) is 0 Å². The summed E-state index contributed by atoms with van der Waals surface area (Å²) >= 11 is 0. The van der Waals surface area contributed by atoms with Crippen LogP contribution in [0.5, 0.6) is 0 Å². The highest BCUT2D eigenvalue weighted by molar-refractivity contribution is 5.73. The second-order valence-corrected chi connectivity index (χ2v) is 4.06. The maximum Gasteiger partial charge on any atom is 0.317 e. The maximum atomic E-state index is 11.1. The van der Waals surface area contributed by atoms with E-state index in [0.29, 0.717) is 6.54 Å². The number of carbonyl (C=O) groups excluding carboxylic acids is 1. The molecule has 0 aromatic heterocycles. The first-order valence-corrected chi connectivity index (χ1v) is 5.18. The number of aliphatic carboxylic acids is 1. The molecule has 1 amide bonds. The SMILES string of the molecule is CC(=O)N(C)C[C@@H]1CCCN1CC(=O)O. The van der Waals surface area contributed by atoms with Crippen molar-refractivity contribution in [3.05, 3.63) is 0 Å². The van der Waals surface area contributed by atoms with Crippen molar-refractivity contribution in [1.82, 2.24) is 9.80 Å². The van der Waals surface area contributed by atoms with Gasteiger partial charge in [-0.2, -0.15) is 0 Å². The van der Waals surface area contributed by atoms with E-state index in [1.54, 1.807) is 11.9 Å². The van der Waals surface area contributed by atoms with E-state index in [1.807, 2.05) is 4.90 Å². The van der Waals surface area contributed by atoms with Crippen molar-refractivity contribution in [2.75, 3.05) is 26.7 Å². The molecule has 0 aliphatic carbocycles. The van der Waals surface area contributed by atoms with Gasteiger partial charge in [-0.05, 0) is 19.4 Å². The molecule has 86 valence electrons. The molecule has 1 aliphatic rings. The van der Waals surface area contributed by atoms with Crippen molar-refractivity contribution < 1.29 is 14.7 Å². The van der Waals surface area contributed by atoms with Crippen LogP contribution in [0, 0.1) is 0 Å². The molecule has 1 aliphatic heterocycles. The fourth-order valence-corrected chi connectivity index (χ4v) is 1.93. The monoisotopic (exact) mass is 214 g/mol. The zero-order valence-corrected chi connectivity index (χ0v) is 9.27. The molecule has 0 unspecified atom stereocenters. The van der Waals surface area contributed by atoms with Gasteiger partial charge in [0, 0.05) is 26.6 Å². The van der Waals surface area contributed by atoms with Crippen molar-refractivity contribution in [2.24, 2.45) is 0 Å². The van der Waals surface area contributed by atoms with Gasteiger partial charge in [-0.1, -0.05) is 0 Å². The molecule has 1 fully saturated rings. The van der Waals surface area contributed by atoms with Gasteiger partial charge >= 0.3 is 5.97 Å². The first-order valence-electron chi connectivity index (χ1n) is 5.18. The Kier molecular flexibility index (Phi) is 4.08. The predicted octanol–water partition coefficient (Wildman–Crippen LogP) is 0.0137. The highest BCUT2D eigenvalue weighted by Crippen LogP contribution is 2.17. The lowest BCUT2D eigenvalue weighted by Crippen LogP contribution is -2.42. The summed E-state index contributed by atoms with van der Waals surface area (Å²) in [5, 5.41) is 8.71. The fourth-order valence-electron chi connectivity index (χ4n) is 1.93. The van der Waals surface area contributed by atoms with Crippen LogP contribution in [0.4, 0.5) is 0 Å². The van der Waals surface area contributed by atoms with Crippen molar-refractivity contribution in [3.63, 3.8) is 0 Å². The van der Waals surface area contributed by atoms with E-state index in [2.05, 4.69) is 0 Å². The lowest BCUT2D eigenvalue weighted by atomic mass is 10.2. The molecule has 0 aromatic carbocycles. The van der Waals surface area contributed by atoms with E-state index in [9.17, 15) is 9.59 Å². The quantitative estimate of drug-likeness (QED) is 0.716. The van der Waals surface area contributed by atoms with Crippen LogP contribution in [-0.4, -0.2) is 59.5 Å². The van der Waals surface area contributed by atoms with Gasteiger partial charge in [0.25, 0.3) is 0 Å². The van der Waals surface area contributed by atoms with Gasteiger partial charge in [-0.15, -0.1) is 0 Å². The Balaban J connectivity index is 2.46. The number of nitrogens with zero attached hydrogens (tertiary/aromatic N) is 2. The molecule has 0 bridgehead atoms. The van der Waals surface area contributed by atoms with Gasteiger partial charge in [0.1, 0.15) is 0 Å². The number of hydrogen-bond donors (Lipinski definition) is 1. The molecule has 0 radical (unpaired) electrons. The minimum Gasteiger partial charge on any atom is -0.480 e. The van der Waals surface area contributed by atoms with Gasteiger partial charge < -0.3 is 10.0 Å². The summed E-state index contributed by atoms with van der Waals surface area (Å²) in [5.41, 5.74) is 0. The first kappa shape index (κ1) is 12.0. The molecule has 1 atom stereocenters. The zero-order valence-electron chi connectivity index (χ0n) is 9.27. The second kappa shape index (κ2) is 5.11. The van der Waals surface area contributed by atoms with Gasteiger partial charge in [0.2, 0.25) is 5.91 Å². The smallest absolute Gasteiger partial charge is 0.317 e.